The lowest BCUT2D eigenvalue weighted by molar-refractivity contribution is 0.0697. The van der Waals surface area contributed by atoms with Gasteiger partial charge in [0.25, 0.3) is 0 Å². The Labute approximate surface area is 99.1 Å². The zero-order valence-corrected chi connectivity index (χ0v) is 10.5. The summed E-state index contributed by atoms with van der Waals surface area (Å²) >= 11 is 0. The predicted molar refractivity (Wildman–Crippen MR) is 62.7 cm³/mol. The van der Waals surface area contributed by atoms with Crippen molar-refractivity contribution < 1.29 is 18.3 Å². The highest BCUT2D eigenvalue weighted by Gasteiger charge is 2.20. The molecule has 1 aromatic heterocycles. The van der Waals surface area contributed by atoms with Gasteiger partial charge in [0.15, 0.2) is 0 Å². The number of anilines is 1. The zero-order chi connectivity index (χ0) is 13.2. The summed E-state index contributed by atoms with van der Waals surface area (Å²) in [5.74, 6) is -1.27. The molecule has 0 saturated heterocycles. The number of carbonyl (C=O) groups is 1. The second-order valence-corrected chi connectivity index (χ2v) is 5.98. The number of nitrogens with two attached hydrogens (primary N) is 1. The molecule has 0 amide bonds. The molecule has 1 rings (SSSR count). The van der Waals surface area contributed by atoms with Crippen LogP contribution in [0.15, 0.2) is 0 Å². The monoisotopic (exact) mass is 261 g/mol. The summed E-state index contributed by atoms with van der Waals surface area (Å²) in [5, 5.41) is 13.0. The zero-order valence-electron chi connectivity index (χ0n) is 9.67. The molecule has 96 valence electrons. The van der Waals surface area contributed by atoms with E-state index in [1.807, 2.05) is 0 Å². The SMILES string of the molecule is CCc1nn(CCS(C)(=O)=O)c(N)c1C(=O)O. The van der Waals surface area contributed by atoms with Gasteiger partial charge in [-0.1, -0.05) is 6.92 Å². The molecule has 1 heterocycles. The van der Waals surface area contributed by atoms with Crippen LogP contribution in [-0.4, -0.2) is 41.3 Å². The molecule has 1 aromatic rings. The fourth-order valence-electron chi connectivity index (χ4n) is 1.43. The fourth-order valence-corrected chi connectivity index (χ4v) is 1.93. The molecular weight excluding hydrogens is 246 g/mol. The Kier molecular flexibility index (Phi) is 3.76. The van der Waals surface area contributed by atoms with Gasteiger partial charge in [-0.05, 0) is 6.42 Å². The third-order valence-electron chi connectivity index (χ3n) is 2.29. The van der Waals surface area contributed by atoms with E-state index >= 15 is 0 Å². The number of nitrogen functional groups attached to an aromatic ring is 1. The average molecular weight is 261 g/mol. The van der Waals surface area contributed by atoms with Gasteiger partial charge in [-0.15, -0.1) is 0 Å². The molecule has 0 aromatic carbocycles. The molecule has 0 aliphatic rings. The number of nitrogens with zero attached hydrogens (tertiary/aromatic N) is 2. The lowest BCUT2D eigenvalue weighted by Crippen LogP contribution is -2.14. The summed E-state index contributed by atoms with van der Waals surface area (Å²) in [6, 6.07) is 0. The predicted octanol–water partition coefficient (Wildman–Crippen LogP) is -0.229. The first kappa shape index (κ1) is 13.5. The second-order valence-electron chi connectivity index (χ2n) is 3.72. The van der Waals surface area contributed by atoms with E-state index in [1.54, 1.807) is 6.92 Å². The minimum Gasteiger partial charge on any atom is -0.477 e. The number of aryl methyl sites for hydroxylation is 2. The van der Waals surface area contributed by atoms with E-state index in [4.69, 9.17) is 10.8 Å². The van der Waals surface area contributed by atoms with E-state index < -0.39 is 15.8 Å². The van der Waals surface area contributed by atoms with Crippen molar-refractivity contribution in [3.8, 4) is 0 Å². The van der Waals surface area contributed by atoms with Gasteiger partial charge >= 0.3 is 5.97 Å². The van der Waals surface area contributed by atoms with Gasteiger partial charge in [0.2, 0.25) is 0 Å². The number of hydrogen-bond donors (Lipinski definition) is 2. The highest BCUT2D eigenvalue weighted by molar-refractivity contribution is 7.90. The van der Waals surface area contributed by atoms with E-state index in [0.717, 1.165) is 6.26 Å². The number of hydrogen-bond acceptors (Lipinski definition) is 5. The van der Waals surface area contributed by atoms with Crippen molar-refractivity contribution in [3.63, 3.8) is 0 Å². The number of rotatable bonds is 5. The summed E-state index contributed by atoms with van der Waals surface area (Å²) in [6.07, 6.45) is 1.53. The van der Waals surface area contributed by atoms with E-state index in [-0.39, 0.29) is 23.7 Å². The molecule has 8 heteroatoms. The summed E-state index contributed by atoms with van der Waals surface area (Å²) < 4.78 is 23.3. The topological polar surface area (TPSA) is 115 Å². The molecule has 0 unspecified atom stereocenters. The van der Waals surface area contributed by atoms with Crippen LogP contribution in [0.25, 0.3) is 0 Å². The summed E-state index contributed by atoms with van der Waals surface area (Å²) in [6.45, 7) is 1.82. The maximum atomic E-state index is 11.0. The fraction of sp³-hybridized carbons (Fsp3) is 0.556. The molecule has 0 spiro atoms. The van der Waals surface area contributed by atoms with Crippen molar-refractivity contribution in [2.45, 2.75) is 19.9 Å². The van der Waals surface area contributed by atoms with Crippen molar-refractivity contribution in [3.05, 3.63) is 11.3 Å². The minimum absolute atomic E-state index is 0.00185. The van der Waals surface area contributed by atoms with Crippen LogP contribution < -0.4 is 5.73 Å². The molecule has 0 bridgehead atoms. The molecule has 0 aliphatic heterocycles. The van der Waals surface area contributed by atoms with Gasteiger partial charge in [-0.2, -0.15) is 5.10 Å². The van der Waals surface area contributed by atoms with Gasteiger partial charge in [-0.3, -0.25) is 0 Å². The Balaban J connectivity index is 3.07. The highest BCUT2D eigenvalue weighted by Crippen LogP contribution is 2.17. The maximum absolute atomic E-state index is 11.0. The third kappa shape index (κ3) is 3.19. The van der Waals surface area contributed by atoms with Gasteiger partial charge in [-0.25, -0.2) is 17.9 Å². The van der Waals surface area contributed by atoms with Crippen LogP contribution in [0, 0.1) is 0 Å². The van der Waals surface area contributed by atoms with Crippen molar-refractivity contribution in [1.29, 1.82) is 0 Å². The van der Waals surface area contributed by atoms with Crippen LogP contribution in [0.5, 0.6) is 0 Å². The molecule has 3 N–H and O–H groups in total. The molecule has 17 heavy (non-hydrogen) atoms. The molecule has 0 radical (unpaired) electrons. The van der Waals surface area contributed by atoms with E-state index in [9.17, 15) is 13.2 Å². The van der Waals surface area contributed by atoms with Crippen molar-refractivity contribution in [2.75, 3.05) is 17.7 Å². The molecule has 0 aliphatic carbocycles. The van der Waals surface area contributed by atoms with E-state index in [1.165, 1.54) is 4.68 Å². The van der Waals surface area contributed by atoms with Gasteiger partial charge in [0.05, 0.1) is 18.0 Å². The van der Waals surface area contributed by atoms with Crippen LogP contribution in [-0.2, 0) is 22.8 Å². The first-order valence-corrected chi connectivity index (χ1v) is 7.08. The Bertz CT molecular complexity index is 533. The van der Waals surface area contributed by atoms with Gasteiger partial charge < -0.3 is 10.8 Å². The Hall–Kier alpha value is -1.57. The number of carboxylic acid groups (broad SMARTS) is 1. The third-order valence-corrected chi connectivity index (χ3v) is 3.21. The summed E-state index contributed by atoms with van der Waals surface area (Å²) in [4.78, 5) is 11.0. The largest absolute Gasteiger partial charge is 0.477 e. The molecule has 0 fully saturated rings. The van der Waals surface area contributed by atoms with Crippen molar-refractivity contribution in [1.82, 2.24) is 9.78 Å². The standard InChI is InChI=1S/C9H15N3O4S/c1-3-6-7(9(13)14)8(10)12(11-6)4-5-17(2,15)16/h3-5,10H2,1-2H3,(H,13,14). The van der Waals surface area contributed by atoms with Crippen LogP contribution in [0.1, 0.15) is 23.0 Å². The Morgan fingerprint density at radius 3 is 2.47 bits per heavy atom. The summed E-state index contributed by atoms with van der Waals surface area (Å²) in [7, 11) is -3.13. The lowest BCUT2D eigenvalue weighted by Gasteiger charge is -2.02. The van der Waals surface area contributed by atoms with Crippen LogP contribution >= 0.6 is 0 Å². The maximum Gasteiger partial charge on any atom is 0.341 e. The normalized spacial score (nSPS) is 11.6. The Morgan fingerprint density at radius 1 is 1.53 bits per heavy atom. The van der Waals surface area contributed by atoms with Gasteiger partial charge in [0, 0.05) is 6.26 Å². The average Bonchev–Trinajstić information content (AvgIpc) is 2.51. The van der Waals surface area contributed by atoms with Gasteiger partial charge in [0.1, 0.15) is 21.2 Å². The number of aromatic carboxylic acids is 1. The lowest BCUT2D eigenvalue weighted by atomic mass is 10.2. The van der Waals surface area contributed by atoms with Crippen LogP contribution in [0.4, 0.5) is 5.82 Å². The van der Waals surface area contributed by atoms with Crippen molar-refractivity contribution >= 4 is 21.6 Å². The van der Waals surface area contributed by atoms with E-state index in [0.29, 0.717) is 12.1 Å². The quantitative estimate of drug-likeness (QED) is 0.756. The highest BCUT2D eigenvalue weighted by atomic mass is 32.2. The van der Waals surface area contributed by atoms with Crippen LogP contribution in [0.3, 0.4) is 0 Å². The summed E-state index contributed by atoms with van der Waals surface area (Å²) in [5.41, 5.74) is 5.96. The smallest absolute Gasteiger partial charge is 0.341 e. The molecular formula is C9H15N3O4S. The van der Waals surface area contributed by atoms with E-state index in [2.05, 4.69) is 5.10 Å². The number of sulfone groups is 1. The second kappa shape index (κ2) is 4.74. The molecule has 0 atom stereocenters. The number of aromatic nitrogens is 2. The molecule has 7 nitrogen and oxygen atoms in total. The van der Waals surface area contributed by atoms with Crippen LogP contribution in [0.2, 0.25) is 0 Å². The first-order chi connectivity index (χ1) is 7.76. The molecule has 0 saturated carbocycles. The minimum atomic E-state index is -3.13. The first-order valence-electron chi connectivity index (χ1n) is 5.02. The Morgan fingerprint density at radius 2 is 2.12 bits per heavy atom. The van der Waals surface area contributed by atoms with Crippen molar-refractivity contribution in [2.24, 2.45) is 0 Å². The number of carboxylic acids is 1.